The summed E-state index contributed by atoms with van der Waals surface area (Å²) in [4.78, 5) is 27.3. The van der Waals surface area contributed by atoms with E-state index in [4.69, 9.17) is 27.9 Å². The van der Waals surface area contributed by atoms with Crippen LogP contribution in [-0.4, -0.2) is 36.3 Å². The van der Waals surface area contributed by atoms with Crippen molar-refractivity contribution in [3.63, 3.8) is 0 Å². The predicted molar refractivity (Wildman–Crippen MR) is 117 cm³/mol. The molecule has 4 nitrogen and oxygen atoms in total. The van der Waals surface area contributed by atoms with Crippen LogP contribution in [0.1, 0.15) is 38.3 Å². The first kappa shape index (κ1) is 23.4. The molecule has 0 bridgehead atoms. The minimum Gasteiger partial charge on any atom is -0.374 e. The van der Waals surface area contributed by atoms with Crippen molar-refractivity contribution >= 4 is 34.9 Å². The number of hydrogen-bond donors (Lipinski definition) is 0. The molecule has 0 saturated heterocycles. The van der Waals surface area contributed by atoms with Crippen LogP contribution < -0.4 is 0 Å². The summed E-state index contributed by atoms with van der Waals surface area (Å²) >= 11 is 12.4. The van der Waals surface area contributed by atoms with Gasteiger partial charge < -0.3 is 9.64 Å². The molecular formula is C23H27Cl2NO3. The number of nitrogens with zero attached hydrogens (tertiary/aromatic N) is 1. The highest BCUT2D eigenvalue weighted by molar-refractivity contribution is 6.34. The molecule has 6 heteroatoms. The van der Waals surface area contributed by atoms with Crippen LogP contribution in [0.2, 0.25) is 10.0 Å². The second kappa shape index (κ2) is 10.8. The molecule has 0 aliphatic rings. The van der Waals surface area contributed by atoms with Crippen LogP contribution in [0.4, 0.5) is 0 Å². The number of ether oxygens (including phenoxy) is 1. The molecule has 0 aromatic heterocycles. The van der Waals surface area contributed by atoms with E-state index in [1.165, 1.54) is 0 Å². The maximum atomic E-state index is 13.2. The second-order valence-corrected chi connectivity index (χ2v) is 8.32. The molecule has 0 aliphatic carbocycles. The summed E-state index contributed by atoms with van der Waals surface area (Å²) in [5.74, 6) is -0.304. The van der Waals surface area contributed by atoms with Gasteiger partial charge in [-0.05, 0) is 49.6 Å². The third-order valence-corrected chi connectivity index (χ3v) is 5.13. The topological polar surface area (TPSA) is 46.6 Å². The highest BCUT2D eigenvalue weighted by Crippen LogP contribution is 2.32. The van der Waals surface area contributed by atoms with Gasteiger partial charge in [-0.2, -0.15) is 0 Å². The predicted octanol–water partition coefficient (Wildman–Crippen LogP) is 5.30. The molecule has 0 spiro atoms. The first-order valence-electron chi connectivity index (χ1n) is 9.64. The Labute approximate surface area is 182 Å². The Balaban J connectivity index is 2.31. The third kappa shape index (κ3) is 6.84. The van der Waals surface area contributed by atoms with Crippen LogP contribution in [0.25, 0.3) is 0 Å². The normalized spacial score (nSPS) is 11.3. The zero-order valence-corrected chi connectivity index (χ0v) is 18.6. The van der Waals surface area contributed by atoms with Crippen molar-refractivity contribution in [2.45, 2.75) is 39.2 Å². The van der Waals surface area contributed by atoms with E-state index in [-0.39, 0.29) is 31.3 Å². The van der Waals surface area contributed by atoms with Gasteiger partial charge in [-0.15, -0.1) is 0 Å². The number of rotatable bonds is 10. The van der Waals surface area contributed by atoms with Crippen molar-refractivity contribution in [2.75, 3.05) is 19.8 Å². The van der Waals surface area contributed by atoms with Crippen LogP contribution in [0, 0.1) is 0 Å². The maximum absolute atomic E-state index is 13.2. The Morgan fingerprint density at radius 1 is 1.03 bits per heavy atom. The molecule has 0 saturated carbocycles. The molecule has 0 heterocycles. The summed E-state index contributed by atoms with van der Waals surface area (Å²) < 4.78 is 5.37. The van der Waals surface area contributed by atoms with Gasteiger partial charge in [0, 0.05) is 16.7 Å². The van der Waals surface area contributed by atoms with Gasteiger partial charge in [0.05, 0.1) is 18.5 Å². The van der Waals surface area contributed by atoms with E-state index in [0.29, 0.717) is 16.7 Å². The molecule has 0 fully saturated rings. The minimum atomic E-state index is -0.791. The standard InChI is InChI=1S/C23H27Cl2NO3/c1-4-10-29-16-21(27)15-26(22(28)11-17-8-6-5-7-9-17)23(2,3)18-12-19(24)14-20(25)13-18/h5-9,12-14H,4,10-11,15-16H2,1-3H3. The van der Waals surface area contributed by atoms with Crippen LogP contribution in [0.15, 0.2) is 48.5 Å². The average molecular weight is 436 g/mol. The quantitative estimate of drug-likeness (QED) is 0.475. The third-order valence-electron chi connectivity index (χ3n) is 4.69. The first-order chi connectivity index (χ1) is 13.7. The Hall–Kier alpha value is -1.88. The van der Waals surface area contributed by atoms with Crippen molar-refractivity contribution in [3.05, 3.63) is 69.7 Å². The summed E-state index contributed by atoms with van der Waals surface area (Å²) in [7, 11) is 0. The monoisotopic (exact) mass is 435 g/mol. The molecule has 0 radical (unpaired) electrons. The van der Waals surface area contributed by atoms with Crippen molar-refractivity contribution in [2.24, 2.45) is 0 Å². The molecule has 0 N–H and O–H groups in total. The molecule has 156 valence electrons. The van der Waals surface area contributed by atoms with E-state index >= 15 is 0 Å². The molecule has 29 heavy (non-hydrogen) atoms. The molecule has 2 rings (SSSR count). The Bertz CT molecular complexity index is 817. The molecule has 0 atom stereocenters. The van der Waals surface area contributed by atoms with Crippen molar-refractivity contribution < 1.29 is 14.3 Å². The first-order valence-corrected chi connectivity index (χ1v) is 10.4. The fourth-order valence-corrected chi connectivity index (χ4v) is 3.60. The van der Waals surface area contributed by atoms with Crippen molar-refractivity contribution in [1.29, 1.82) is 0 Å². The second-order valence-electron chi connectivity index (χ2n) is 7.45. The van der Waals surface area contributed by atoms with Crippen molar-refractivity contribution in [3.8, 4) is 0 Å². The molecule has 0 aliphatic heterocycles. The summed E-state index contributed by atoms with van der Waals surface area (Å²) in [6.07, 6.45) is 1.03. The van der Waals surface area contributed by atoms with E-state index in [1.807, 2.05) is 51.1 Å². The minimum absolute atomic E-state index is 0.0185. The van der Waals surface area contributed by atoms with E-state index in [2.05, 4.69) is 0 Å². The van der Waals surface area contributed by atoms with Gasteiger partial charge in [-0.1, -0.05) is 60.5 Å². The highest BCUT2D eigenvalue weighted by Gasteiger charge is 2.34. The molecule has 2 aromatic rings. The number of benzene rings is 2. The fraction of sp³-hybridized carbons (Fsp3) is 0.391. The fourth-order valence-electron chi connectivity index (χ4n) is 3.08. The summed E-state index contributed by atoms with van der Waals surface area (Å²) in [5.41, 5.74) is 0.858. The van der Waals surface area contributed by atoms with Crippen LogP contribution in [0.5, 0.6) is 0 Å². The molecular weight excluding hydrogens is 409 g/mol. The van der Waals surface area contributed by atoms with Gasteiger partial charge in [0.2, 0.25) is 5.91 Å². The van der Waals surface area contributed by atoms with E-state index in [0.717, 1.165) is 17.5 Å². The Kier molecular flexibility index (Phi) is 8.69. The van der Waals surface area contributed by atoms with Crippen molar-refractivity contribution in [1.82, 2.24) is 4.90 Å². The molecule has 0 unspecified atom stereocenters. The number of hydrogen-bond acceptors (Lipinski definition) is 3. The maximum Gasteiger partial charge on any atom is 0.228 e. The smallest absolute Gasteiger partial charge is 0.228 e. The number of carbonyl (C=O) groups is 2. The molecule has 2 aromatic carbocycles. The van der Waals surface area contributed by atoms with Gasteiger partial charge in [-0.3, -0.25) is 9.59 Å². The largest absolute Gasteiger partial charge is 0.374 e. The number of amides is 1. The summed E-state index contributed by atoms with van der Waals surface area (Å²) in [6, 6.07) is 14.7. The lowest BCUT2D eigenvalue weighted by molar-refractivity contribution is -0.141. The van der Waals surface area contributed by atoms with Gasteiger partial charge in [0.25, 0.3) is 0 Å². The number of ketones is 1. The summed E-state index contributed by atoms with van der Waals surface area (Å²) in [6.45, 7) is 6.20. The van der Waals surface area contributed by atoms with Crippen LogP contribution in [0.3, 0.4) is 0 Å². The van der Waals surface area contributed by atoms with Gasteiger partial charge >= 0.3 is 0 Å². The van der Waals surface area contributed by atoms with Gasteiger partial charge in [-0.25, -0.2) is 0 Å². The molecule has 1 amide bonds. The summed E-state index contributed by atoms with van der Waals surface area (Å²) in [5, 5.41) is 0.960. The van der Waals surface area contributed by atoms with E-state index < -0.39 is 5.54 Å². The number of Topliss-reactive ketones (excluding diaryl/α,β-unsaturated/α-hetero) is 1. The van der Waals surface area contributed by atoms with Gasteiger partial charge in [0.15, 0.2) is 5.78 Å². The number of carbonyl (C=O) groups excluding carboxylic acids is 2. The zero-order chi connectivity index (χ0) is 21.4. The number of halogens is 2. The lowest BCUT2D eigenvalue weighted by Gasteiger charge is -2.39. The van der Waals surface area contributed by atoms with Gasteiger partial charge in [0.1, 0.15) is 6.61 Å². The van der Waals surface area contributed by atoms with E-state index in [1.54, 1.807) is 23.1 Å². The van der Waals surface area contributed by atoms with Crippen LogP contribution in [-0.2, 0) is 26.3 Å². The highest BCUT2D eigenvalue weighted by atomic mass is 35.5. The SMILES string of the molecule is CCCOCC(=O)CN(C(=O)Cc1ccccc1)C(C)(C)c1cc(Cl)cc(Cl)c1. The lowest BCUT2D eigenvalue weighted by atomic mass is 9.91. The lowest BCUT2D eigenvalue weighted by Crippen LogP contribution is -2.49. The van der Waals surface area contributed by atoms with E-state index in [9.17, 15) is 9.59 Å². The Morgan fingerprint density at radius 3 is 2.24 bits per heavy atom. The van der Waals surface area contributed by atoms with Crippen LogP contribution >= 0.6 is 23.2 Å². The zero-order valence-electron chi connectivity index (χ0n) is 17.1. The average Bonchev–Trinajstić information content (AvgIpc) is 2.66. The Morgan fingerprint density at radius 2 is 1.66 bits per heavy atom.